The first-order chi connectivity index (χ1) is 15.5. The molecule has 32 heavy (non-hydrogen) atoms. The van der Waals surface area contributed by atoms with E-state index in [-0.39, 0.29) is 12.2 Å². The van der Waals surface area contributed by atoms with Gasteiger partial charge in [0.15, 0.2) is 4.80 Å². The molecule has 1 atom stereocenters. The van der Waals surface area contributed by atoms with E-state index in [2.05, 4.69) is 4.99 Å². The van der Waals surface area contributed by atoms with E-state index in [1.165, 1.54) is 22.7 Å². The molecule has 3 heterocycles. The second-order valence-corrected chi connectivity index (χ2v) is 8.99. The van der Waals surface area contributed by atoms with Gasteiger partial charge in [0.2, 0.25) is 0 Å². The molecule has 1 unspecified atom stereocenters. The first-order valence-electron chi connectivity index (χ1n) is 9.89. The van der Waals surface area contributed by atoms with Crippen LogP contribution < -0.4 is 19.6 Å². The van der Waals surface area contributed by atoms with Gasteiger partial charge in [0.1, 0.15) is 18.4 Å². The lowest BCUT2D eigenvalue weighted by Crippen LogP contribution is -2.39. The van der Waals surface area contributed by atoms with E-state index < -0.39 is 12.0 Å². The third kappa shape index (κ3) is 4.32. The van der Waals surface area contributed by atoms with Gasteiger partial charge in [-0.05, 0) is 42.1 Å². The van der Waals surface area contributed by atoms with Crippen molar-refractivity contribution in [1.82, 2.24) is 4.57 Å². The Bertz CT molecular complexity index is 1320. The summed E-state index contributed by atoms with van der Waals surface area (Å²) in [6.45, 7) is 2.20. The maximum Gasteiger partial charge on any atom is 0.338 e. The van der Waals surface area contributed by atoms with Crippen molar-refractivity contribution in [2.75, 3.05) is 27.4 Å². The van der Waals surface area contributed by atoms with Crippen LogP contribution in [0, 0.1) is 0 Å². The van der Waals surface area contributed by atoms with Crippen LogP contribution in [0.4, 0.5) is 0 Å². The standard InChI is InChI=1S/C23H22N2O5S2/c1-14-19(22(27)30-11-10-28-2)20(17-5-4-12-31-17)25-21(26)18(32-23(25)24-14)13-15-6-8-16(29-3)9-7-15/h4-9,12-13,20H,10-11H2,1-3H3. The van der Waals surface area contributed by atoms with E-state index in [0.717, 1.165) is 16.2 Å². The van der Waals surface area contributed by atoms with E-state index >= 15 is 0 Å². The lowest BCUT2D eigenvalue weighted by Gasteiger charge is -2.23. The lowest BCUT2D eigenvalue weighted by atomic mass is 10.0. The van der Waals surface area contributed by atoms with E-state index in [4.69, 9.17) is 14.2 Å². The van der Waals surface area contributed by atoms with Crippen LogP contribution in [0.5, 0.6) is 5.75 Å². The number of ether oxygens (including phenoxy) is 3. The highest BCUT2D eigenvalue weighted by Gasteiger charge is 2.33. The number of thiophene rings is 1. The third-order valence-corrected chi connectivity index (χ3v) is 6.90. The molecule has 166 valence electrons. The van der Waals surface area contributed by atoms with Crippen molar-refractivity contribution < 1.29 is 19.0 Å². The average molecular weight is 471 g/mol. The number of esters is 1. The second-order valence-electron chi connectivity index (χ2n) is 7.00. The molecule has 3 aromatic rings. The van der Waals surface area contributed by atoms with Gasteiger partial charge in [-0.25, -0.2) is 9.79 Å². The average Bonchev–Trinajstić information content (AvgIpc) is 3.42. The molecule has 0 amide bonds. The minimum Gasteiger partial charge on any atom is -0.497 e. The minimum atomic E-state index is -0.584. The number of nitrogens with zero attached hydrogens (tertiary/aromatic N) is 2. The predicted octanol–water partition coefficient (Wildman–Crippen LogP) is 2.49. The van der Waals surface area contributed by atoms with Crippen LogP contribution in [0.25, 0.3) is 6.08 Å². The Labute approximate surface area is 192 Å². The number of methoxy groups -OCH3 is 2. The van der Waals surface area contributed by atoms with E-state index in [1.54, 1.807) is 25.7 Å². The number of benzene rings is 1. The number of carbonyl (C=O) groups excluding carboxylic acids is 1. The minimum absolute atomic E-state index is 0.130. The van der Waals surface area contributed by atoms with Crippen LogP contribution in [-0.4, -0.2) is 38.0 Å². The van der Waals surface area contributed by atoms with Crippen LogP contribution >= 0.6 is 22.7 Å². The van der Waals surface area contributed by atoms with Crippen molar-refractivity contribution in [1.29, 1.82) is 0 Å². The van der Waals surface area contributed by atoms with Crippen LogP contribution in [-0.2, 0) is 14.3 Å². The van der Waals surface area contributed by atoms with E-state index in [0.29, 0.717) is 27.2 Å². The molecule has 0 saturated carbocycles. The maximum absolute atomic E-state index is 13.4. The Hall–Kier alpha value is -3.01. The molecule has 1 aliphatic heterocycles. The zero-order valence-corrected chi connectivity index (χ0v) is 19.5. The van der Waals surface area contributed by atoms with Gasteiger partial charge >= 0.3 is 5.97 Å². The smallest absolute Gasteiger partial charge is 0.338 e. The summed E-state index contributed by atoms with van der Waals surface area (Å²) in [5.41, 5.74) is 1.59. The van der Waals surface area contributed by atoms with Gasteiger partial charge in [0.25, 0.3) is 5.56 Å². The Morgan fingerprint density at radius 1 is 1.19 bits per heavy atom. The number of hydrogen-bond acceptors (Lipinski definition) is 8. The Morgan fingerprint density at radius 2 is 1.97 bits per heavy atom. The lowest BCUT2D eigenvalue weighted by molar-refractivity contribution is -0.140. The molecule has 4 rings (SSSR count). The van der Waals surface area contributed by atoms with Gasteiger partial charge in [-0.15, -0.1) is 11.3 Å². The molecule has 0 fully saturated rings. The fraction of sp³-hybridized carbons (Fsp3) is 0.261. The molecule has 0 saturated heterocycles. The monoisotopic (exact) mass is 470 g/mol. The SMILES string of the molecule is COCCOC(=O)C1=C(C)N=c2sc(=Cc3ccc(OC)cc3)c(=O)n2C1c1cccs1. The molecule has 7 nitrogen and oxygen atoms in total. The zero-order chi connectivity index (χ0) is 22.7. The molecule has 1 aliphatic rings. The van der Waals surface area contributed by atoms with Crippen LogP contribution in [0.2, 0.25) is 0 Å². The predicted molar refractivity (Wildman–Crippen MR) is 124 cm³/mol. The fourth-order valence-corrected chi connectivity index (χ4v) is 5.32. The van der Waals surface area contributed by atoms with Crippen LogP contribution in [0.1, 0.15) is 23.4 Å². The summed E-state index contributed by atoms with van der Waals surface area (Å²) in [5, 5.41) is 1.92. The molecule has 0 bridgehead atoms. The first-order valence-corrected chi connectivity index (χ1v) is 11.6. The number of aromatic nitrogens is 1. The van der Waals surface area contributed by atoms with Crippen molar-refractivity contribution >= 4 is 34.7 Å². The van der Waals surface area contributed by atoms with Crippen molar-refractivity contribution in [3.8, 4) is 5.75 Å². The van der Waals surface area contributed by atoms with Gasteiger partial charge in [-0.3, -0.25) is 9.36 Å². The van der Waals surface area contributed by atoms with Gasteiger partial charge < -0.3 is 14.2 Å². The quantitative estimate of drug-likeness (QED) is 0.392. The summed E-state index contributed by atoms with van der Waals surface area (Å²) in [5.74, 6) is 0.250. The van der Waals surface area contributed by atoms with Crippen molar-refractivity contribution in [2.24, 2.45) is 4.99 Å². The first kappa shape index (κ1) is 22.2. The number of carbonyl (C=O) groups is 1. The van der Waals surface area contributed by atoms with Gasteiger partial charge in [0, 0.05) is 12.0 Å². The molecule has 2 aromatic heterocycles. The highest BCUT2D eigenvalue weighted by Crippen LogP contribution is 2.33. The summed E-state index contributed by atoms with van der Waals surface area (Å²) in [6.07, 6.45) is 1.82. The molecule has 1 aromatic carbocycles. The number of thiazole rings is 1. The largest absolute Gasteiger partial charge is 0.497 e. The van der Waals surface area contributed by atoms with Gasteiger partial charge in [0.05, 0.1) is 29.5 Å². The highest BCUT2D eigenvalue weighted by molar-refractivity contribution is 7.10. The second kappa shape index (κ2) is 9.64. The van der Waals surface area contributed by atoms with Crippen molar-refractivity contribution in [3.05, 3.63) is 83.2 Å². The van der Waals surface area contributed by atoms with Gasteiger partial charge in [-0.1, -0.05) is 29.5 Å². The normalized spacial score (nSPS) is 16.0. The topological polar surface area (TPSA) is 79.1 Å². The number of hydrogen-bond donors (Lipinski definition) is 0. The Balaban J connectivity index is 1.82. The van der Waals surface area contributed by atoms with Crippen molar-refractivity contribution in [2.45, 2.75) is 13.0 Å². The summed E-state index contributed by atoms with van der Waals surface area (Å²) in [6, 6.07) is 10.7. The van der Waals surface area contributed by atoms with E-state index in [1.807, 2.05) is 47.9 Å². The van der Waals surface area contributed by atoms with Crippen molar-refractivity contribution in [3.63, 3.8) is 0 Å². The van der Waals surface area contributed by atoms with Crippen LogP contribution in [0.15, 0.2) is 62.8 Å². The molecular weight excluding hydrogens is 448 g/mol. The summed E-state index contributed by atoms with van der Waals surface area (Å²) < 4.78 is 17.7. The summed E-state index contributed by atoms with van der Waals surface area (Å²) in [7, 11) is 3.15. The number of allylic oxidation sites excluding steroid dienone is 1. The number of fused-ring (bicyclic) bond motifs is 1. The molecular formula is C23H22N2O5S2. The molecule has 0 spiro atoms. The molecule has 0 N–H and O–H groups in total. The van der Waals surface area contributed by atoms with Crippen LogP contribution in [0.3, 0.4) is 0 Å². The van der Waals surface area contributed by atoms with Gasteiger partial charge in [-0.2, -0.15) is 0 Å². The Morgan fingerprint density at radius 3 is 2.62 bits per heavy atom. The summed E-state index contributed by atoms with van der Waals surface area (Å²) in [4.78, 5) is 32.4. The Kier molecular flexibility index (Phi) is 6.69. The maximum atomic E-state index is 13.4. The highest BCUT2D eigenvalue weighted by atomic mass is 32.1. The summed E-state index contributed by atoms with van der Waals surface area (Å²) >= 11 is 2.79. The third-order valence-electron chi connectivity index (χ3n) is 4.99. The molecule has 0 radical (unpaired) electrons. The van der Waals surface area contributed by atoms with E-state index in [9.17, 15) is 9.59 Å². The number of rotatable bonds is 7. The molecule has 0 aliphatic carbocycles. The molecule has 9 heteroatoms. The fourth-order valence-electron chi connectivity index (χ4n) is 3.45. The zero-order valence-electron chi connectivity index (χ0n) is 17.9.